The van der Waals surface area contributed by atoms with E-state index in [9.17, 15) is 9.18 Å². The Morgan fingerprint density at radius 1 is 1.56 bits per heavy atom. The zero-order chi connectivity index (χ0) is 13.7. The molecule has 0 saturated carbocycles. The topological polar surface area (TPSA) is 46.3 Å². The maximum absolute atomic E-state index is 13.3. The molecule has 1 atom stereocenters. The van der Waals surface area contributed by atoms with Gasteiger partial charge in [0.25, 0.3) is 5.91 Å². The molecule has 0 radical (unpaired) electrons. The van der Waals surface area contributed by atoms with Gasteiger partial charge in [0, 0.05) is 24.4 Å². The predicted molar refractivity (Wildman–Crippen MR) is 75.4 cm³/mol. The molecule has 0 bridgehead atoms. The largest absolute Gasteiger partial charge is 0.396 e. The van der Waals surface area contributed by atoms with Crippen LogP contribution in [0.1, 0.15) is 23.7 Å². The van der Waals surface area contributed by atoms with E-state index in [1.54, 1.807) is 29.8 Å². The van der Waals surface area contributed by atoms with Gasteiger partial charge in [-0.15, -0.1) is 0 Å². The van der Waals surface area contributed by atoms with Gasteiger partial charge in [-0.1, -0.05) is 6.92 Å². The van der Waals surface area contributed by atoms with Crippen molar-refractivity contribution in [1.29, 1.82) is 0 Å². The molecule has 0 aromatic heterocycles. The van der Waals surface area contributed by atoms with Crippen LogP contribution in [-0.2, 0) is 0 Å². The van der Waals surface area contributed by atoms with Crippen LogP contribution in [0.15, 0.2) is 18.2 Å². The first-order chi connectivity index (χ1) is 8.51. The average molecular weight is 270 g/mol. The summed E-state index contributed by atoms with van der Waals surface area (Å²) in [5.41, 5.74) is 5.79. The van der Waals surface area contributed by atoms with Crippen molar-refractivity contribution in [2.75, 3.05) is 24.8 Å². The highest BCUT2D eigenvalue weighted by Crippen LogP contribution is 2.16. The maximum Gasteiger partial charge on any atom is 0.253 e. The van der Waals surface area contributed by atoms with Crippen LogP contribution in [-0.4, -0.2) is 35.9 Å². The van der Waals surface area contributed by atoms with Gasteiger partial charge in [-0.2, -0.15) is 11.8 Å². The zero-order valence-corrected chi connectivity index (χ0v) is 11.8. The Balaban J connectivity index is 2.88. The number of rotatable bonds is 5. The van der Waals surface area contributed by atoms with Crippen molar-refractivity contribution >= 4 is 23.4 Å². The average Bonchev–Trinajstić information content (AvgIpc) is 2.37. The third-order valence-electron chi connectivity index (χ3n) is 2.95. The van der Waals surface area contributed by atoms with Crippen molar-refractivity contribution < 1.29 is 9.18 Å². The number of carbonyl (C=O) groups is 1. The Morgan fingerprint density at radius 3 is 2.72 bits per heavy atom. The van der Waals surface area contributed by atoms with Crippen LogP contribution in [0.2, 0.25) is 0 Å². The fourth-order valence-corrected chi connectivity index (χ4v) is 2.57. The number of hydrogen-bond acceptors (Lipinski definition) is 3. The summed E-state index contributed by atoms with van der Waals surface area (Å²) in [5, 5.41) is 0. The van der Waals surface area contributed by atoms with E-state index in [2.05, 4.69) is 0 Å². The van der Waals surface area contributed by atoms with E-state index in [0.29, 0.717) is 5.56 Å². The standard InChI is InChI=1S/C13H19FN2OS/c1-4-10(8-18-3)16(2)13(17)9-5-6-12(15)11(14)7-9/h5-7,10H,4,8,15H2,1-3H3. The summed E-state index contributed by atoms with van der Waals surface area (Å²) in [5.74, 6) is 0.151. The molecule has 0 saturated heterocycles. The van der Waals surface area contributed by atoms with Crippen molar-refractivity contribution in [1.82, 2.24) is 4.90 Å². The molecule has 2 N–H and O–H groups in total. The number of carbonyl (C=O) groups excluding carboxylic acids is 1. The van der Waals surface area contributed by atoms with Gasteiger partial charge < -0.3 is 10.6 Å². The smallest absolute Gasteiger partial charge is 0.253 e. The van der Waals surface area contributed by atoms with Gasteiger partial charge >= 0.3 is 0 Å². The molecule has 0 aliphatic carbocycles. The van der Waals surface area contributed by atoms with Gasteiger partial charge in [0.15, 0.2) is 0 Å². The molecule has 1 rings (SSSR count). The molecule has 0 aliphatic rings. The first-order valence-corrected chi connectivity index (χ1v) is 7.21. The quantitative estimate of drug-likeness (QED) is 0.837. The Bertz CT molecular complexity index is 425. The third-order valence-corrected chi connectivity index (χ3v) is 3.66. The first kappa shape index (κ1) is 14.8. The molecule has 1 aromatic carbocycles. The van der Waals surface area contributed by atoms with Gasteiger partial charge in [-0.3, -0.25) is 4.79 Å². The van der Waals surface area contributed by atoms with Gasteiger partial charge in [-0.05, 0) is 30.9 Å². The summed E-state index contributed by atoms with van der Waals surface area (Å²) in [6, 6.07) is 4.34. The summed E-state index contributed by atoms with van der Waals surface area (Å²) in [6.45, 7) is 2.04. The number of anilines is 1. The number of nitrogens with two attached hydrogens (primary N) is 1. The molecule has 5 heteroatoms. The molecular formula is C13H19FN2OS. The van der Waals surface area contributed by atoms with E-state index in [1.165, 1.54) is 12.1 Å². The zero-order valence-electron chi connectivity index (χ0n) is 10.9. The van der Waals surface area contributed by atoms with E-state index in [-0.39, 0.29) is 17.6 Å². The Kier molecular flexibility index (Phi) is 5.47. The highest BCUT2D eigenvalue weighted by atomic mass is 32.2. The van der Waals surface area contributed by atoms with Gasteiger partial charge in [0.2, 0.25) is 0 Å². The second kappa shape index (κ2) is 6.64. The monoisotopic (exact) mass is 270 g/mol. The lowest BCUT2D eigenvalue weighted by atomic mass is 10.1. The number of halogens is 1. The number of nitrogens with zero attached hydrogens (tertiary/aromatic N) is 1. The predicted octanol–water partition coefficient (Wildman–Crippen LogP) is 2.62. The molecule has 0 heterocycles. The third kappa shape index (κ3) is 3.38. The molecule has 1 amide bonds. The van der Waals surface area contributed by atoms with Crippen LogP contribution in [0.25, 0.3) is 0 Å². The van der Waals surface area contributed by atoms with E-state index < -0.39 is 5.82 Å². The molecule has 18 heavy (non-hydrogen) atoms. The number of nitrogen functional groups attached to an aromatic ring is 1. The van der Waals surface area contributed by atoms with Crippen molar-refractivity contribution in [2.45, 2.75) is 19.4 Å². The molecular weight excluding hydrogens is 251 g/mol. The molecule has 1 aromatic rings. The van der Waals surface area contributed by atoms with Crippen LogP contribution < -0.4 is 5.73 Å². The van der Waals surface area contributed by atoms with E-state index >= 15 is 0 Å². The van der Waals surface area contributed by atoms with Crippen molar-refractivity contribution in [3.8, 4) is 0 Å². The molecule has 100 valence electrons. The number of benzene rings is 1. The maximum atomic E-state index is 13.3. The normalized spacial score (nSPS) is 12.2. The minimum Gasteiger partial charge on any atom is -0.396 e. The van der Waals surface area contributed by atoms with Crippen molar-refractivity contribution in [2.24, 2.45) is 0 Å². The van der Waals surface area contributed by atoms with Crippen LogP contribution in [0.5, 0.6) is 0 Å². The molecule has 0 spiro atoms. The summed E-state index contributed by atoms with van der Waals surface area (Å²) in [6.07, 6.45) is 2.88. The molecule has 0 aliphatic heterocycles. The Hall–Kier alpha value is -1.23. The minimum atomic E-state index is -0.549. The second-order valence-electron chi connectivity index (χ2n) is 4.17. The highest BCUT2D eigenvalue weighted by Gasteiger charge is 2.19. The highest BCUT2D eigenvalue weighted by molar-refractivity contribution is 7.98. The lowest BCUT2D eigenvalue weighted by Gasteiger charge is -2.26. The SMILES string of the molecule is CCC(CSC)N(C)C(=O)c1ccc(N)c(F)c1. The summed E-state index contributed by atoms with van der Waals surface area (Å²) in [4.78, 5) is 13.9. The number of hydrogen-bond donors (Lipinski definition) is 1. The van der Waals surface area contributed by atoms with Crippen LogP contribution in [0.4, 0.5) is 10.1 Å². The lowest BCUT2D eigenvalue weighted by molar-refractivity contribution is 0.0743. The van der Waals surface area contributed by atoms with E-state index in [4.69, 9.17) is 5.73 Å². The van der Waals surface area contributed by atoms with Gasteiger partial charge in [0.05, 0.1) is 5.69 Å². The van der Waals surface area contributed by atoms with E-state index in [0.717, 1.165) is 12.2 Å². The minimum absolute atomic E-state index is 0.0605. The summed E-state index contributed by atoms with van der Waals surface area (Å²) in [7, 11) is 1.75. The van der Waals surface area contributed by atoms with Crippen LogP contribution in [0.3, 0.4) is 0 Å². The Labute approximate surface area is 112 Å². The Morgan fingerprint density at radius 2 is 2.22 bits per heavy atom. The van der Waals surface area contributed by atoms with Gasteiger partial charge in [0.1, 0.15) is 5.82 Å². The first-order valence-electron chi connectivity index (χ1n) is 5.82. The lowest BCUT2D eigenvalue weighted by Crippen LogP contribution is -2.38. The fourth-order valence-electron chi connectivity index (χ4n) is 1.73. The fraction of sp³-hybridized carbons (Fsp3) is 0.462. The second-order valence-corrected chi connectivity index (χ2v) is 5.08. The van der Waals surface area contributed by atoms with Crippen LogP contribution >= 0.6 is 11.8 Å². The molecule has 3 nitrogen and oxygen atoms in total. The van der Waals surface area contributed by atoms with Crippen molar-refractivity contribution in [3.05, 3.63) is 29.6 Å². The van der Waals surface area contributed by atoms with Gasteiger partial charge in [-0.25, -0.2) is 4.39 Å². The number of thioether (sulfide) groups is 1. The van der Waals surface area contributed by atoms with Crippen molar-refractivity contribution in [3.63, 3.8) is 0 Å². The molecule has 0 fully saturated rings. The molecule has 1 unspecified atom stereocenters. The summed E-state index contributed by atoms with van der Waals surface area (Å²) >= 11 is 1.69. The summed E-state index contributed by atoms with van der Waals surface area (Å²) < 4.78 is 13.3. The van der Waals surface area contributed by atoms with Crippen LogP contribution in [0, 0.1) is 5.82 Å². The van der Waals surface area contributed by atoms with E-state index in [1.807, 2.05) is 13.2 Å². The number of amides is 1.